The van der Waals surface area contributed by atoms with E-state index in [0.717, 1.165) is 12.5 Å². The summed E-state index contributed by atoms with van der Waals surface area (Å²) in [5.74, 6) is 0.0520. The molecule has 1 saturated carbocycles. The highest BCUT2D eigenvalue weighted by molar-refractivity contribution is 5.89. The molecule has 1 aliphatic rings. The second-order valence-corrected chi connectivity index (χ2v) is 6.76. The fourth-order valence-corrected chi connectivity index (χ4v) is 3.43. The molecule has 0 aromatic heterocycles. The van der Waals surface area contributed by atoms with Crippen molar-refractivity contribution in [3.05, 3.63) is 53.6 Å². The fraction of sp³-hybridized carbons (Fsp3) is 0.350. The number of hydrogen-bond acceptors (Lipinski definition) is 3. The second kappa shape index (κ2) is 7.42. The van der Waals surface area contributed by atoms with Crippen LogP contribution in [0.3, 0.4) is 0 Å². The van der Waals surface area contributed by atoms with Gasteiger partial charge in [0.25, 0.3) is 0 Å². The van der Waals surface area contributed by atoms with Gasteiger partial charge in [-0.3, -0.25) is 0 Å². The summed E-state index contributed by atoms with van der Waals surface area (Å²) in [5.41, 5.74) is 0.464. The van der Waals surface area contributed by atoms with Crippen LogP contribution in [0.15, 0.2) is 36.4 Å². The zero-order chi connectivity index (χ0) is 19.6. The van der Waals surface area contributed by atoms with E-state index in [4.69, 9.17) is 9.47 Å². The number of benzene rings is 2. The average molecular weight is 376 g/mol. The summed E-state index contributed by atoms with van der Waals surface area (Å²) in [6, 6.07) is 8.20. The van der Waals surface area contributed by atoms with Gasteiger partial charge >= 0.3 is 6.03 Å². The lowest BCUT2D eigenvalue weighted by molar-refractivity contribution is 0.250. The van der Waals surface area contributed by atoms with E-state index < -0.39 is 23.1 Å². The maximum absolute atomic E-state index is 14.2. The van der Waals surface area contributed by atoms with Gasteiger partial charge in [-0.15, -0.1) is 0 Å². The second-order valence-electron chi connectivity index (χ2n) is 6.76. The van der Waals surface area contributed by atoms with Gasteiger partial charge in [0.1, 0.15) is 11.6 Å². The summed E-state index contributed by atoms with van der Waals surface area (Å²) < 4.78 is 37.7. The normalized spacial score (nSPS) is 20.7. The SMILES string of the molecule is COc1ccc(NC(=O)NCC2(c3ccc(F)cc3F)CC2C)cc1OC. The Balaban J connectivity index is 1.66. The molecule has 0 saturated heterocycles. The molecule has 1 fully saturated rings. The van der Waals surface area contributed by atoms with Gasteiger partial charge in [0.05, 0.1) is 14.2 Å². The monoisotopic (exact) mass is 376 g/mol. The van der Waals surface area contributed by atoms with Crippen molar-refractivity contribution in [2.45, 2.75) is 18.8 Å². The molecule has 2 unspecified atom stereocenters. The first-order valence-corrected chi connectivity index (χ1v) is 8.62. The van der Waals surface area contributed by atoms with Crippen LogP contribution in [0.1, 0.15) is 18.9 Å². The lowest BCUT2D eigenvalue weighted by Crippen LogP contribution is -2.36. The minimum absolute atomic E-state index is 0.193. The average Bonchev–Trinajstić information content (AvgIpc) is 3.30. The van der Waals surface area contributed by atoms with Gasteiger partial charge in [-0.1, -0.05) is 13.0 Å². The summed E-state index contributed by atoms with van der Waals surface area (Å²) in [5, 5.41) is 5.51. The molecule has 7 heteroatoms. The molecule has 0 aliphatic heterocycles. The summed E-state index contributed by atoms with van der Waals surface area (Å²) in [6.45, 7) is 2.24. The lowest BCUT2D eigenvalue weighted by Gasteiger charge is -2.19. The van der Waals surface area contributed by atoms with Gasteiger partial charge in [-0.25, -0.2) is 13.6 Å². The minimum atomic E-state index is -0.612. The quantitative estimate of drug-likeness (QED) is 0.799. The Hall–Kier alpha value is -2.83. The third kappa shape index (κ3) is 3.82. The fourth-order valence-electron chi connectivity index (χ4n) is 3.43. The molecule has 0 radical (unpaired) electrons. The Morgan fingerprint density at radius 3 is 2.44 bits per heavy atom. The first-order chi connectivity index (χ1) is 12.9. The molecule has 27 heavy (non-hydrogen) atoms. The maximum Gasteiger partial charge on any atom is 0.319 e. The number of carbonyl (C=O) groups is 1. The van der Waals surface area contributed by atoms with Crippen LogP contribution in [0.4, 0.5) is 19.3 Å². The molecule has 3 rings (SSSR count). The molecular weight excluding hydrogens is 354 g/mol. The van der Waals surface area contributed by atoms with Crippen molar-refractivity contribution in [1.82, 2.24) is 5.32 Å². The van der Waals surface area contributed by atoms with Crippen molar-refractivity contribution in [2.24, 2.45) is 5.92 Å². The van der Waals surface area contributed by atoms with Gasteiger partial charge in [0.15, 0.2) is 11.5 Å². The van der Waals surface area contributed by atoms with Crippen LogP contribution in [-0.4, -0.2) is 26.8 Å². The van der Waals surface area contributed by atoms with Crippen LogP contribution < -0.4 is 20.1 Å². The number of halogens is 2. The van der Waals surface area contributed by atoms with Crippen molar-refractivity contribution >= 4 is 11.7 Å². The highest BCUT2D eigenvalue weighted by Gasteiger charge is 2.53. The number of hydrogen-bond donors (Lipinski definition) is 2. The minimum Gasteiger partial charge on any atom is -0.493 e. The van der Waals surface area contributed by atoms with E-state index in [1.165, 1.54) is 26.4 Å². The number of amides is 2. The van der Waals surface area contributed by atoms with Crippen LogP contribution in [0, 0.1) is 17.6 Å². The van der Waals surface area contributed by atoms with Gasteiger partial charge in [0, 0.05) is 29.8 Å². The lowest BCUT2D eigenvalue weighted by atomic mass is 9.93. The molecule has 0 heterocycles. The first kappa shape index (κ1) is 18.9. The number of urea groups is 1. The van der Waals surface area contributed by atoms with Crippen molar-refractivity contribution in [2.75, 3.05) is 26.1 Å². The molecule has 1 aliphatic carbocycles. The van der Waals surface area contributed by atoms with Crippen molar-refractivity contribution in [3.8, 4) is 11.5 Å². The Morgan fingerprint density at radius 1 is 1.15 bits per heavy atom. The van der Waals surface area contributed by atoms with Gasteiger partial charge in [0.2, 0.25) is 0 Å². The number of ether oxygens (including phenoxy) is 2. The van der Waals surface area contributed by atoms with Crippen LogP contribution in [-0.2, 0) is 5.41 Å². The molecule has 5 nitrogen and oxygen atoms in total. The molecule has 2 aromatic rings. The maximum atomic E-state index is 14.2. The topological polar surface area (TPSA) is 59.6 Å². The number of carbonyl (C=O) groups excluding carboxylic acids is 1. The van der Waals surface area contributed by atoms with Crippen LogP contribution in [0.5, 0.6) is 11.5 Å². The van der Waals surface area contributed by atoms with Crippen molar-refractivity contribution in [1.29, 1.82) is 0 Å². The first-order valence-electron chi connectivity index (χ1n) is 8.62. The Labute approximate surface area is 156 Å². The van der Waals surface area contributed by atoms with Gasteiger partial charge in [-0.05, 0) is 36.1 Å². The molecule has 0 spiro atoms. The molecule has 0 bridgehead atoms. The standard InChI is InChI=1S/C20H22F2N2O3/c1-12-10-20(12,15-6-4-13(21)8-16(15)22)11-23-19(25)24-14-5-7-17(26-2)18(9-14)27-3/h4-9,12H,10-11H2,1-3H3,(H2,23,24,25). The Bertz CT molecular complexity index is 859. The molecule has 2 aromatic carbocycles. The Kier molecular flexibility index (Phi) is 5.21. The predicted octanol–water partition coefficient (Wildman–Crippen LogP) is 4.08. The van der Waals surface area contributed by atoms with Crippen molar-refractivity contribution < 1.29 is 23.0 Å². The van der Waals surface area contributed by atoms with Crippen LogP contribution in [0.25, 0.3) is 0 Å². The number of rotatable bonds is 6. The smallest absolute Gasteiger partial charge is 0.319 e. The molecular formula is C20H22F2N2O3. The predicted molar refractivity (Wildman–Crippen MR) is 98.4 cm³/mol. The third-order valence-electron chi connectivity index (χ3n) is 5.13. The number of nitrogens with one attached hydrogen (secondary N) is 2. The number of anilines is 1. The van der Waals surface area contributed by atoms with Gasteiger partial charge in [-0.2, -0.15) is 0 Å². The third-order valence-corrected chi connectivity index (χ3v) is 5.13. The van der Waals surface area contributed by atoms with E-state index in [1.807, 2.05) is 6.92 Å². The molecule has 2 N–H and O–H groups in total. The highest BCUT2D eigenvalue weighted by Crippen LogP contribution is 2.54. The van der Waals surface area contributed by atoms with Crippen molar-refractivity contribution in [3.63, 3.8) is 0 Å². The van der Waals surface area contributed by atoms with Crippen LogP contribution in [0.2, 0.25) is 0 Å². The van der Waals surface area contributed by atoms with E-state index >= 15 is 0 Å². The summed E-state index contributed by atoms with van der Waals surface area (Å²) in [7, 11) is 3.04. The molecule has 2 atom stereocenters. The van der Waals surface area contributed by atoms with E-state index in [2.05, 4.69) is 10.6 Å². The zero-order valence-electron chi connectivity index (χ0n) is 15.4. The zero-order valence-corrected chi connectivity index (χ0v) is 15.4. The van der Waals surface area contributed by atoms with E-state index in [1.54, 1.807) is 18.2 Å². The number of methoxy groups -OCH3 is 2. The van der Waals surface area contributed by atoms with Crippen LogP contribution >= 0.6 is 0 Å². The highest BCUT2D eigenvalue weighted by atomic mass is 19.1. The summed E-state index contributed by atoms with van der Waals surface area (Å²) in [4.78, 5) is 12.3. The Morgan fingerprint density at radius 2 is 1.85 bits per heavy atom. The summed E-state index contributed by atoms with van der Waals surface area (Å²) >= 11 is 0. The molecule has 2 amide bonds. The largest absolute Gasteiger partial charge is 0.493 e. The van der Waals surface area contributed by atoms with Gasteiger partial charge < -0.3 is 20.1 Å². The summed E-state index contributed by atoms with van der Waals surface area (Å²) in [6.07, 6.45) is 0.728. The van der Waals surface area contributed by atoms with E-state index in [9.17, 15) is 13.6 Å². The van der Waals surface area contributed by atoms with E-state index in [-0.39, 0.29) is 12.5 Å². The van der Waals surface area contributed by atoms with E-state index in [0.29, 0.717) is 22.7 Å². The molecule has 144 valence electrons.